The maximum absolute atomic E-state index is 5.71. The fourth-order valence-electron chi connectivity index (χ4n) is 6.53. The van der Waals surface area contributed by atoms with Crippen LogP contribution in [0.1, 0.15) is 181 Å². The Labute approximate surface area is 359 Å². The van der Waals surface area contributed by atoms with Gasteiger partial charge in [-0.3, -0.25) is 0 Å². The highest BCUT2D eigenvalue weighted by Gasteiger charge is 1.99. The molecule has 0 aliphatic carbocycles. The van der Waals surface area contributed by atoms with Crippen LogP contribution in [0.15, 0.2) is 0 Å². The molecule has 0 aliphatic heterocycles. The number of ether oxygens (including phenoxy) is 10. The second-order valence-corrected chi connectivity index (χ2v) is 15.6. The zero-order valence-electron chi connectivity index (χ0n) is 38.6. The summed E-state index contributed by atoms with van der Waals surface area (Å²) in [6.45, 7) is 16.5. The second kappa shape index (κ2) is 56.6. The average Bonchev–Trinajstić information content (AvgIpc) is 3.23. The number of hydrogen-bond acceptors (Lipinski definition) is 10. The van der Waals surface area contributed by atoms with Gasteiger partial charge in [-0.2, -0.15) is 0 Å². The predicted molar refractivity (Wildman–Crippen MR) is 240 cm³/mol. The summed E-state index contributed by atoms with van der Waals surface area (Å²) in [5, 5.41) is 0. The summed E-state index contributed by atoms with van der Waals surface area (Å²) in [6, 6.07) is 0. The molecule has 0 bridgehead atoms. The van der Waals surface area contributed by atoms with E-state index in [1.807, 2.05) is 0 Å². The summed E-state index contributed by atoms with van der Waals surface area (Å²) in [6.07, 6.45) is 35.7. The fraction of sp³-hybridized carbons (Fsp3) is 1.00. The smallest absolute Gasteiger partial charge is 0.0701 e. The third-order valence-corrected chi connectivity index (χ3v) is 10.1. The standard InChI is InChI=1S/C48H98O10/c1-3-5-7-9-11-13-15-16-17-18-19-20-22-24-26-28-30-50-32-34-52-36-38-54-40-42-56-44-46-58-48-47-57-45-43-55-41-39-53-37-35-51-33-31-49-29-27-25-23-21-14-12-10-8-6-4-2/h3-48H2,1-2H3. The predicted octanol–water partition coefficient (Wildman–Crippen LogP) is 11.3. The summed E-state index contributed by atoms with van der Waals surface area (Å²) in [5.74, 6) is 0. The van der Waals surface area contributed by atoms with Crippen molar-refractivity contribution in [2.45, 2.75) is 181 Å². The Balaban J connectivity index is 3.05. The Hall–Kier alpha value is -0.400. The van der Waals surface area contributed by atoms with E-state index in [4.69, 9.17) is 47.4 Å². The van der Waals surface area contributed by atoms with Gasteiger partial charge in [0, 0.05) is 13.2 Å². The highest BCUT2D eigenvalue weighted by Crippen LogP contribution is 2.14. The Morgan fingerprint density at radius 2 is 0.259 bits per heavy atom. The van der Waals surface area contributed by atoms with Crippen molar-refractivity contribution in [1.82, 2.24) is 0 Å². The van der Waals surface area contributed by atoms with Crippen molar-refractivity contribution in [3.8, 4) is 0 Å². The Morgan fingerprint density at radius 1 is 0.138 bits per heavy atom. The molecule has 0 aromatic heterocycles. The molecule has 10 heteroatoms. The first-order valence-corrected chi connectivity index (χ1v) is 24.7. The van der Waals surface area contributed by atoms with Gasteiger partial charge >= 0.3 is 0 Å². The van der Waals surface area contributed by atoms with E-state index in [2.05, 4.69) is 13.8 Å². The number of hydrogen-bond donors (Lipinski definition) is 0. The van der Waals surface area contributed by atoms with Crippen molar-refractivity contribution < 1.29 is 47.4 Å². The van der Waals surface area contributed by atoms with Crippen molar-refractivity contribution in [1.29, 1.82) is 0 Å². The summed E-state index contributed by atoms with van der Waals surface area (Å²) < 4.78 is 55.8. The third kappa shape index (κ3) is 55.6. The van der Waals surface area contributed by atoms with E-state index in [1.165, 1.54) is 154 Å². The molecule has 350 valence electrons. The molecule has 10 nitrogen and oxygen atoms in total. The number of unbranched alkanes of at least 4 members (excludes halogenated alkanes) is 24. The lowest BCUT2D eigenvalue weighted by Gasteiger charge is -2.09. The summed E-state index contributed by atoms with van der Waals surface area (Å²) in [4.78, 5) is 0. The molecular formula is C48H98O10. The van der Waals surface area contributed by atoms with Crippen LogP contribution >= 0.6 is 0 Å². The molecule has 0 saturated carbocycles. The van der Waals surface area contributed by atoms with Crippen molar-refractivity contribution in [3.63, 3.8) is 0 Å². The van der Waals surface area contributed by atoms with Crippen molar-refractivity contribution in [2.75, 3.05) is 132 Å². The molecule has 0 aromatic carbocycles. The normalized spacial score (nSPS) is 11.7. The van der Waals surface area contributed by atoms with E-state index < -0.39 is 0 Å². The van der Waals surface area contributed by atoms with E-state index in [1.54, 1.807) is 0 Å². The SMILES string of the molecule is CCCCCCCCCCCCCCCCCCOCCOCCOCCOCCOCCOCCOCCOCCOCCOCCCCCCCCCCCC. The average molecular weight is 835 g/mol. The van der Waals surface area contributed by atoms with Crippen LogP contribution in [0.4, 0.5) is 0 Å². The Kier molecular flexibility index (Phi) is 56.2. The minimum absolute atomic E-state index is 0.536. The van der Waals surface area contributed by atoms with E-state index in [9.17, 15) is 0 Å². The molecular weight excluding hydrogens is 737 g/mol. The molecule has 0 atom stereocenters. The van der Waals surface area contributed by atoms with Gasteiger partial charge in [-0.05, 0) is 12.8 Å². The van der Waals surface area contributed by atoms with Gasteiger partial charge in [0.05, 0.1) is 119 Å². The van der Waals surface area contributed by atoms with Crippen LogP contribution in [0.5, 0.6) is 0 Å². The van der Waals surface area contributed by atoms with Gasteiger partial charge in [-0.15, -0.1) is 0 Å². The Bertz CT molecular complexity index is 633. The lowest BCUT2D eigenvalue weighted by atomic mass is 10.0. The van der Waals surface area contributed by atoms with Crippen LogP contribution in [-0.2, 0) is 47.4 Å². The molecule has 0 N–H and O–H groups in total. The van der Waals surface area contributed by atoms with Crippen LogP contribution in [0, 0.1) is 0 Å². The van der Waals surface area contributed by atoms with E-state index in [-0.39, 0.29) is 0 Å². The quantitative estimate of drug-likeness (QED) is 0.0552. The molecule has 0 fully saturated rings. The molecule has 0 unspecified atom stereocenters. The lowest BCUT2D eigenvalue weighted by Crippen LogP contribution is -2.15. The Morgan fingerprint density at radius 3 is 0.414 bits per heavy atom. The van der Waals surface area contributed by atoms with Crippen LogP contribution in [0.25, 0.3) is 0 Å². The topological polar surface area (TPSA) is 92.3 Å². The van der Waals surface area contributed by atoms with Crippen LogP contribution in [0.2, 0.25) is 0 Å². The molecule has 0 rings (SSSR count). The van der Waals surface area contributed by atoms with Crippen LogP contribution in [-0.4, -0.2) is 132 Å². The first kappa shape index (κ1) is 57.6. The van der Waals surface area contributed by atoms with Gasteiger partial charge in [0.1, 0.15) is 0 Å². The summed E-state index contributed by atoms with van der Waals surface area (Å²) in [7, 11) is 0. The van der Waals surface area contributed by atoms with Crippen molar-refractivity contribution in [3.05, 3.63) is 0 Å². The molecule has 0 heterocycles. The molecule has 0 saturated heterocycles. The van der Waals surface area contributed by atoms with E-state index in [0.717, 1.165) is 26.1 Å². The zero-order chi connectivity index (χ0) is 41.6. The summed E-state index contributed by atoms with van der Waals surface area (Å²) >= 11 is 0. The van der Waals surface area contributed by atoms with E-state index in [0.29, 0.717) is 119 Å². The fourth-order valence-corrected chi connectivity index (χ4v) is 6.53. The van der Waals surface area contributed by atoms with Gasteiger partial charge < -0.3 is 47.4 Å². The van der Waals surface area contributed by atoms with E-state index >= 15 is 0 Å². The van der Waals surface area contributed by atoms with Gasteiger partial charge in [0.2, 0.25) is 0 Å². The largest absolute Gasteiger partial charge is 0.379 e. The third-order valence-electron chi connectivity index (χ3n) is 10.1. The van der Waals surface area contributed by atoms with Crippen molar-refractivity contribution >= 4 is 0 Å². The minimum atomic E-state index is 0.536. The maximum Gasteiger partial charge on any atom is 0.0701 e. The molecule has 58 heavy (non-hydrogen) atoms. The maximum atomic E-state index is 5.71. The monoisotopic (exact) mass is 835 g/mol. The zero-order valence-corrected chi connectivity index (χ0v) is 38.6. The minimum Gasteiger partial charge on any atom is -0.379 e. The van der Waals surface area contributed by atoms with Gasteiger partial charge in [-0.25, -0.2) is 0 Å². The summed E-state index contributed by atoms with van der Waals surface area (Å²) in [5.41, 5.74) is 0. The van der Waals surface area contributed by atoms with Gasteiger partial charge in [-0.1, -0.05) is 168 Å². The second-order valence-electron chi connectivity index (χ2n) is 15.6. The first-order chi connectivity index (χ1) is 28.9. The molecule has 0 aliphatic rings. The highest BCUT2D eigenvalue weighted by molar-refractivity contribution is 4.51. The van der Waals surface area contributed by atoms with Gasteiger partial charge in [0.15, 0.2) is 0 Å². The van der Waals surface area contributed by atoms with Crippen molar-refractivity contribution in [2.24, 2.45) is 0 Å². The molecule has 0 aromatic rings. The lowest BCUT2D eigenvalue weighted by molar-refractivity contribution is -0.0264. The molecule has 0 spiro atoms. The highest BCUT2D eigenvalue weighted by atomic mass is 16.6. The van der Waals surface area contributed by atoms with Gasteiger partial charge in [0.25, 0.3) is 0 Å². The number of rotatable bonds is 55. The first-order valence-electron chi connectivity index (χ1n) is 24.7. The molecule has 0 radical (unpaired) electrons. The van der Waals surface area contributed by atoms with Crippen LogP contribution < -0.4 is 0 Å². The van der Waals surface area contributed by atoms with Crippen LogP contribution in [0.3, 0.4) is 0 Å². The molecule has 0 amide bonds.